The van der Waals surface area contributed by atoms with Gasteiger partial charge in [-0.3, -0.25) is 4.99 Å². The van der Waals surface area contributed by atoms with E-state index in [0.29, 0.717) is 12.4 Å². The summed E-state index contributed by atoms with van der Waals surface area (Å²) in [6, 6.07) is 3.28. The Balaban J connectivity index is 2.05. The minimum atomic E-state index is -0.175. The van der Waals surface area contributed by atoms with Crippen molar-refractivity contribution in [2.45, 2.75) is 12.3 Å². The van der Waals surface area contributed by atoms with Gasteiger partial charge >= 0.3 is 0 Å². The van der Waals surface area contributed by atoms with Gasteiger partial charge in [0.05, 0.1) is 13.2 Å². The van der Waals surface area contributed by atoms with Gasteiger partial charge in [-0.2, -0.15) is 0 Å². The van der Waals surface area contributed by atoms with Crippen molar-refractivity contribution in [3.8, 4) is 17.2 Å². The van der Waals surface area contributed by atoms with Gasteiger partial charge in [0.1, 0.15) is 5.84 Å². The summed E-state index contributed by atoms with van der Waals surface area (Å²) >= 11 is 0. The van der Waals surface area contributed by atoms with E-state index in [1.165, 1.54) is 6.07 Å². The number of hydrogen-bond acceptors (Lipinski definition) is 5. The van der Waals surface area contributed by atoms with E-state index in [-0.39, 0.29) is 17.4 Å². The Morgan fingerprint density at radius 1 is 1.35 bits per heavy atom. The van der Waals surface area contributed by atoms with Gasteiger partial charge in [-0.05, 0) is 12.5 Å². The number of amidine groups is 1. The van der Waals surface area contributed by atoms with E-state index in [1.54, 1.807) is 6.07 Å². The molecule has 5 nitrogen and oxygen atoms in total. The number of phenols is 2. The van der Waals surface area contributed by atoms with Crippen LogP contribution in [0.25, 0.3) is 0 Å². The summed E-state index contributed by atoms with van der Waals surface area (Å²) in [4.78, 5) is 4.42. The fourth-order valence-electron chi connectivity index (χ4n) is 2.37. The Morgan fingerprint density at radius 2 is 2.24 bits per heavy atom. The van der Waals surface area contributed by atoms with Crippen molar-refractivity contribution in [1.29, 1.82) is 0 Å². The van der Waals surface area contributed by atoms with Gasteiger partial charge in [0, 0.05) is 18.0 Å². The maximum atomic E-state index is 9.77. The smallest absolute Gasteiger partial charge is 0.200 e. The van der Waals surface area contributed by atoms with Gasteiger partial charge in [-0.1, -0.05) is 6.07 Å². The lowest BCUT2D eigenvalue weighted by Gasteiger charge is -2.26. The molecular weight excluding hydrogens is 220 g/mol. The highest BCUT2D eigenvalue weighted by Crippen LogP contribution is 2.44. The van der Waals surface area contributed by atoms with E-state index in [0.717, 1.165) is 30.9 Å². The molecule has 0 radical (unpaired) electrons. The van der Waals surface area contributed by atoms with Gasteiger partial charge in [0.25, 0.3) is 0 Å². The third-order valence-corrected chi connectivity index (χ3v) is 3.20. The molecular formula is C12H14N2O3. The van der Waals surface area contributed by atoms with Gasteiger partial charge < -0.3 is 20.3 Å². The minimum absolute atomic E-state index is 0.132. The third-order valence-electron chi connectivity index (χ3n) is 3.20. The zero-order valence-electron chi connectivity index (χ0n) is 9.31. The van der Waals surface area contributed by atoms with Crippen LogP contribution < -0.4 is 10.1 Å². The molecule has 3 N–H and O–H groups in total. The van der Waals surface area contributed by atoms with Crippen LogP contribution in [0.4, 0.5) is 0 Å². The van der Waals surface area contributed by atoms with Crippen molar-refractivity contribution in [3.63, 3.8) is 0 Å². The Kier molecular flexibility index (Phi) is 2.31. The van der Waals surface area contributed by atoms with Gasteiger partial charge in [-0.15, -0.1) is 0 Å². The van der Waals surface area contributed by atoms with Gasteiger partial charge in [-0.25, -0.2) is 0 Å². The van der Waals surface area contributed by atoms with E-state index in [1.807, 2.05) is 0 Å². The summed E-state index contributed by atoms with van der Waals surface area (Å²) in [7, 11) is 0. The van der Waals surface area contributed by atoms with Crippen LogP contribution >= 0.6 is 0 Å². The van der Waals surface area contributed by atoms with Crippen molar-refractivity contribution < 1.29 is 14.9 Å². The normalized spacial score (nSPS) is 22.4. The molecule has 2 aliphatic heterocycles. The monoisotopic (exact) mass is 234 g/mol. The van der Waals surface area contributed by atoms with Crippen LogP contribution in [0.5, 0.6) is 17.2 Å². The predicted molar refractivity (Wildman–Crippen MR) is 62.9 cm³/mol. The number of aromatic hydroxyl groups is 2. The van der Waals surface area contributed by atoms with Gasteiger partial charge in [0.2, 0.25) is 5.75 Å². The molecule has 1 aromatic carbocycles. The Bertz CT molecular complexity index is 485. The fraction of sp³-hybridized carbons (Fsp3) is 0.417. The maximum Gasteiger partial charge on any atom is 0.200 e. The van der Waals surface area contributed by atoms with E-state index in [4.69, 9.17) is 4.74 Å². The number of fused-ring (bicyclic) bond motifs is 1. The zero-order valence-corrected chi connectivity index (χ0v) is 9.31. The van der Waals surface area contributed by atoms with Crippen LogP contribution in [0.2, 0.25) is 0 Å². The molecule has 0 saturated heterocycles. The molecule has 0 saturated carbocycles. The lowest BCUT2D eigenvalue weighted by molar-refractivity contribution is 0.262. The number of phenolic OH excluding ortho intramolecular Hbond substituents is 2. The van der Waals surface area contributed by atoms with Crippen molar-refractivity contribution in [1.82, 2.24) is 5.32 Å². The first kappa shape index (κ1) is 10.3. The van der Waals surface area contributed by atoms with E-state index in [9.17, 15) is 10.2 Å². The summed E-state index contributed by atoms with van der Waals surface area (Å²) in [5.74, 6) is 1.15. The van der Waals surface area contributed by atoms with Crippen molar-refractivity contribution in [3.05, 3.63) is 17.7 Å². The number of nitrogens with zero attached hydrogens (tertiary/aromatic N) is 1. The number of benzene rings is 1. The Morgan fingerprint density at radius 3 is 3.00 bits per heavy atom. The molecule has 17 heavy (non-hydrogen) atoms. The van der Waals surface area contributed by atoms with Crippen LogP contribution in [0.1, 0.15) is 17.9 Å². The first-order chi connectivity index (χ1) is 8.27. The second-order valence-electron chi connectivity index (χ2n) is 4.24. The molecule has 5 heteroatoms. The zero-order chi connectivity index (χ0) is 11.8. The summed E-state index contributed by atoms with van der Waals surface area (Å²) in [6.07, 6.45) is 0.836. The first-order valence-electron chi connectivity index (χ1n) is 5.73. The third kappa shape index (κ3) is 1.58. The second-order valence-corrected chi connectivity index (χ2v) is 4.24. The van der Waals surface area contributed by atoms with Crippen molar-refractivity contribution >= 4 is 5.84 Å². The topological polar surface area (TPSA) is 74.1 Å². The Hall–Kier alpha value is -1.91. The van der Waals surface area contributed by atoms with Crippen molar-refractivity contribution in [2.75, 3.05) is 19.7 Å². The average molecular weight is 234 g/mol. The maximum absolute atomic E-state index is 9.77. The fourth-order valence-corrected chi connectivity index (χ4v) is 2.37. The molecule has 0 amide bonds. The van der Waals surface area contributed by atoms with E-state index < -0.39 is 0 Å². The summed E-state index contributed by atoms with van der Waals surface area (Å²) in [5, 5.41) is 22.5. The van der Waals surface area contributed by atoms with Crippen LogP contribution in [0.15, 0.2) is 17.1 Å². The number of hydrogen-bond donors (Lipinski definition) is 3. The molecule has 1 aromatic rings. The molecule has 3 rings (SSSR count). The van der Waals surface area contributed by atoms with Crippen LogP contribution in [-0.4, -0.2) is 35.7 Å². The number of ether oxygens (including phenoxy) is 1. The largest absolute Gasteiger partial charge is 0.504 e. The second kappa shape index (κ2) is 3.84. The molecule has 0 fully saturated rings. The lowest BCUT2D eigenvalue weighted by Crippen LogP contribution is -2.29. The minimum Gasteiger partial charge on any atom is -0.504 e. The first-order valence-corrected chi connectivity index (χ1v) is 5.73. The molecule has 2 aliphatic rings. The molecule has 1 atom stereocenters. The number of nitrogens with one attached hydrogen (secondary N) is 1. The Labute approximate surface area is 98.8 Å². The molecule has 2 heterocycles. The van der Waals surface area contributed by atoms with Crippen LogP contribution in [0, 0.1) is 0 Å². The number of aliphatic imine (C=N–C) groups is 1. The highest BCUT2D eigenvalue weighted by atomic mass is 16.5. The highest BCUT2D eigenvalue weighted by Gasteiger charge is 2.30. The van der Waals surface area contributed by atoms with Crippen molar-refractivity contribution in [2.24, 2.45) is 4.99 Å². The van der Waals surface area contributed by atoms with Gasteiger partial charge in [0.15, 0.2) is 11.5 Å². The molecule has 0 unspecified atom stereocenters. The average Bonchev–Trinajstić information content (AvgIpc) is 2.87. The molecule has 0 bridgehead atoms. The standard InChI is InChI=1S/C12H14N2O3/c15-9-2-1-7-8(12-13-4-5-14-12)3-6-17-11(7)10(9)16/h1-2,8,15-16H,3-6H2,(H,13,14)/t8-/m0/s1. The molecule has 0 spiro atoms. The van der Waals surface area contributed by atoms with Crippen LogP contribution in [0.3, 0.4) is 0 Å². The molecule has 90 valence electrons. The molecule has 0 aliphatic carbocycles. The number of rotatable bonds is 1. The quantitative estimate of drug-likeness (QED) is 0.633. The summed E-state index contributed by atoms with van der Waals surface area (Å²) < 4.78 is 5.43. The predicted octanol–water partition coefficient (Wildman–Crippen LogP) is 0.966. The van der Waals surface area contributed by atoms with E-state index >= 15 is 0 Å². The van der Waals surface area contributed by atoms with Crippen LogP contribution in [-0.2, 0) is 0 Å². The van der Waals surface area contributed by atoms with E-state index in [2.05, 4.69) is 10.3 Å². The molecule has 0 aromatic heterocycles. The SMILES string of the molecule is Oc1ccc2c(c1O)OCC[C@@H]2C1=NCCN1. The highest BCUT2D eigenvalue weighted by molar-refractivity contribution is 5.91. The summed E-state index contributed by atoms with van der Waals surface area (Å²) in [5.41, 5.74) is 0.889. The lowest BCUT2D eigenvalue weighted by atomic mass is 9.91. The summed E-state index contributed by atoms with van der Waals surface area (Å²) in [6.45, 7) is 2.19.